The van der Waals surface area contributed by atoms with Crippen molar-refractivity contribution < 1.29 is 9.53 Å². The molecule has 0 atom stereocenters. The number of ether oxygens (including phenoxy) is 1. The molecule has 122 valence electrons. The average Bonchev–Trinajstić information content (AvgIpc) is 2.91. The van der Waals surface area contributed by atoms with Crippen molar-refractivity contribution in [3.05, 3.63) is 72.0 Å². The fourth-order valence-corrected chi connectivity index (χ4v) is 2.64. The van der Waals surface area contributed by atoms with E-state index in [1.165, 1.54) is 0 Å². The standard InChI is InChI=1S/C19H19N3O2/c1-21-17(15-9-6-10-16(11-15)24-2)12-22(19(21)20)13-18(23)14-7-4-3-5-8-14/h3-12,20H,13H2,1-2H3. The Hall–Kier alpha value is -3.08. The molecule has 5 nitrogen and oxygen atoms in total. The molecular formula is C19H19N3O2. The number of hydrogen-bond donors (Lipinski definition) is 1. The molecular weight excluding hydrogens is 302 g/mol. The Balaban J connectivity index is 1.94. The minimum Gasteiger partial charge on any atom is -0.497 e. The van der Waals surface area contributed by atoms with Crippen molar-refractivity contribution in [2.75, 3.05) is 7.11 Å². The smallest absolute Gasteiger partial charge is 0.202 e. The van der Waals surface area contributed by atoms with Gasteiger partial charge in [0.25, 0.3) is 0 Å². The fraction of sp³-hybridized carbons (Fsp3) is 0.158. The lowest BCUT2D eigenvalue weighted by molar-refractivity contribution is 0.0970. The van der Waals surface area contributed by atoms with Crippen LogP contribution in [0.4, 0.5) is 0 Å². The van der Waals surface area contributed by atoms with Crippen molar-refractivity contribution in [1.29, 1.82) is 5.41 Å². The van der Waals surface area contributed by atoms with Gasteiger partial charge in [-0.05, 0) is 12.1 Å². The van der Waals surface area contributed by atoms with Crippen molar-refractivity contribution in [3.8, 4) is 17.0 Å². The fourth-order valence-electron chi connectivity index (χ4n) is 2.64. The zero-order valence-corrected chi connectivity index (χ0v) is 13.7. The zero-order chi connectivity index (χ0) is 17.1. The van der Waals surface area contributed by atoms with Crippen LogP contribution in [-0.2, 0) is 13.6 Å². The molecule has 3 rings (SSSR count). The zero-order valence-electron chi connectivity index (χ0n) is 13.7. The summed E-state index contributed by atoms with van der Waals surface area (Å²) in [6.45, 7) is 0.140. The summed E-state index contributed by atoms with van der Waals surface area (Å²) in [6, 6.07) is 16.8. The highest BCUT2D eigenvalue weighted by Gasteiger charge is 2.12. The van der Waals surface area contributed by atoms with E-state index in [4.69, 9.17) is 10.1 Å². The Bertz CT molecular complexity index is 923. The molecule has 24 heavy (non-hydrogen) atoms. The predicted octanol–water partition coefficient (Wildman–Crippen LogP) is 2.86. The molecule has 0 aliphatic heterocycles. The van der Waals surface area contributed by atoms with Gasteiger partial charge in [-0.25, -0.2) is 0 Å². The molecule has 0 aliphatic carbocycles. The monoisotopic (exact) mass is 321 g/mol. The second-order valence-corrected chi connectivity index (χ2v) is 5.55. The number of ketones is 1. The molecule has 0 spiro atoms. The molecule has 0 saturated heterocycles. The topological polar surface area (TPSA) is 60.0 Å². The predicted molar refractivity (Wildman–Crippen MR) is 92.0 cm³/mol. The van der Waals surface area contributed by atoms with Gasteiger partial charge in [-0.3, -0.25) is 10.2 Å². The van der Waals surface area contributed by atoms with Crippen LogP contribution in [0.1, 0.15) is 10.4 Å². The lowest BCUT2D eigenvalue weighted by atomic mass is 10.1. The maximum atomic E-state index is 12.4. The van der Waals surface area contributed by atoms with Gasteiger partial charge in [0.1, 0.15) is 5.75 Å². The summed E-state index contributed by atoms with van der Waals surface area (Å²) in [6.07, 6.45) is 1.83. The molecule has 0 fully saturated rings. The van der Waals surface area contributed by atoms with Crippen LogP contribution in [0.5, 0.6) is 5.75 Å². The van der Waals surface area contributed by atoms with Gasteiger partial charge in [-0.1, -0.05) is 42.5 Å². The van der Waals surface area contributed by atoms with Crippen LogP contribution in [0.15, 0.2) is 60.8 Å². The Morgan fingerprint density at radius 2 is 1.88 bits per heavy atom. The van der Waals surface area contributed by atoms with E-state index < -0.39 is 0 Å². The second kappa shape index (κ2) is 6.58. The molecule has 0 aliphatic rings. The number of rotatable bonds is 5. The number of carbonyl (C=O) groups is 1. The van der Waals surface area contributed by atoms with Crippen LogP contribution in [0.25, 0.3) is 11.3 Å². The van der Waals surface area contributed by atoms with Crippen molar-refractivity contribution in [2.45, 2.75) is 6.54 Å². The summed E-state index contributed by atoms with van der Waals surface area (Å²) in [7, 11) is 3.44. The first-order valence-electron chi connectivity index (χ1n) is 7.63. The van der Waals surface area contributed by atoms with Crippen LogP contribution in [0, 0.1) is 5.41 Å². The van der Waals surface area contributed by atoms with E-state index in [1.807, 2.05) is 55.7 Å². The molecule has 1 heterocycles. The molecule has 0 unspecified atom stereocenters. The summed E-state index contributed by atoms with van der Waals surface area (Å²) in [5.74, 6) is 0.740. The third-order valence-electron chi connectivity index (χ3n) is 4.00. The average molecular weight is 321 g/mol. The summed E-state index contributed by atoms with van der Waals surface area (Å²) in [4.78, 5) is 12.4. The van der Waals surface area contributed by atoms with Gasteiger partial charge < -0.3 is 13.9 Å². The first-order valence-corrected chi connectivity index (χ1v) is 7.63. The maximum Gasteiger partial charge on any atom is 0.202 e. The van der Waals surface area contributed by atoms with Gasteiger partial charge in [0, 0.05) is 24.4 Å². The molecule has 0 saturated carbocycles. The Morgan fingerprint density at radius 3 is 2.58 bits per heavy atom. The molecule has 3 aromatic rings. The lowest BCUT2D eigenvalue weighted by Crippen LogP contribution is -2.25. The van der Waals surface area contributed by atoms with Crippen LogP contribution in [-0.4, -0.2) is 22.0 Å². The number of benzene rings is 2. The third-order valence-corrected chi connectivity index (χ3v) is 4.00. The summed E-state index contributed by atoms with van der Waals surface area (Å²) >= 11 is 0. The van der Waals surface area contributed by atoms with Crippen molar-refractivity contribution in [3.63, 3.8) is 0 Å². The Labute approximate surface area is 140 Å². The van der Waals surface area contributed by atoms with E-state index in [2.05, 4.69) is 0 Å². The SMILES string of the molecule is COc1cccc(-c2cn(CC(=O)c3ccccc3)c(=N)n2C)c1. The van der Waals surface area contributed by atoms with Gasteiger partial charge in [0.15, 0.2) is 5.78 Å². The van der Waals surface area contributed by atoms with Crippen LogP contribution < -0.4 is 10.4 Å². The first kappa shape index (κ1) is 15.8. The van der Waals surface area contributed by atoms with Gasteiger partial charge in [-0.2, -0.15) is 0 Å². The molecule has 0 radical (unpaired) electrons. The molecule has 0 bridgehead atoms. The van der Waals surface area contributed by atoms with Gasteiger partial charge >= 0.3 is 0 Å². The van der Waals surface area contributed by atoms with E-state index in [0.29, 0.717) is 5.56 Å². The van der Waals surface area contributed by atoms with Crippen molar-refractivity contribution >= 4 is 5.78 Å². The number of nitrogens with zero attached hydrogens (tertiary/aromatic N) is 2. The molecule has 0 amide bonds. The van der Waals surface area contributed by atoms with E-state index in [9.17, 15) is 4.79 Å². The van der Waals surface area contributed by atoms with Crippen LogP contribution in [0.2, 0.25) is 0 Å². The van der Waals surface area contributed by atoms with E-state index in [-0.39, 0.29) is 17.9 Å². The normalized spacial score (nSPS) is 10.6. The highest BCUT2D eigenvalue weighted by molar-refractivity contribution is 5.95. The maximum absolute atomic E-state index is 12.4. The number of imidazole rings is 1. The minimum absolute atomic E-state index is 0.0168. The summed E-state index contributed by atoms with van der Waals surface area (Å²) in [5.41, 5.74) is 2.73. The summed E-state index contributed by atoms with van der Waals surface area (Å²) < 4.78 is 8.67. The van der Waals surface area contributed by atoms with E-state index in [1.54, 1.807) is 28.4 Å². The number of methoxy groups -OCH3 is 1. The largest absolute Gasteiger partial charge is 0.497 e. The number of hydrogen-bond acceptors (Lipinski definition) is 3. The van der Waals surface area contributed by atoms with Crippen LogP contribution >= 0.6 is 0 Å². The highest BCUT2D eigenvalue weighted by atomic mass is 16.5. The number of Topliss-reactive ketones (excluding diaryl/α,β-unsaturated/α-hetero) is 1. The lowest BCUT2D eigenvalue weighted by Gasteiger charge is -2.04. The van der Waals surface area contributed by atoms with Crippen molar-refractivity contribution in [2.24, 2.45) is 7.05 Å². The highest BCUT2D eigenvalue weighted by Crippen LogP contribution is 2.22. The van der Waals surface area contributed by atoms with Gasteiger partial charge in [-0.15, -0.1) is 0 Å². The molecule has 1 N–H and O–H groups in total. The molecule has 1 aromatic heterocycles. The third kappa shape index (κ3) is 3.01. The quantitative estimate of drug-likeness (QED) is 0.735. The van der Waals surface area contributed by atoms with E-state index >= 15 is 0 Å². The molecule has 2 aromatic carbocycles. The van der Waals surface area contributed by atoms with Crippen LogP contribution in [0.3, 0.4) is 0 Å². The number of aromatic nitrogens is 2. The van der Waals surface area contributed by atoms with E-state index in [0.717, 1.165) is 17.0 Å². The Morgan fingerprint density at radius 1 is 1.12 bits per heavy atom. The number of carbonyl (C=O) groups excluding carboxylic acids is 1. The van der Waals surface area contributed by atoms with Gasteiger partial charge in [0.05, 0.1) is 19.3 Å². The second-order valence-electron chi connectivity index (χ2n) is 5.55. The van der Waals surface area contributed by atoms with Gasteiger partial charge in [0.2, 0.25) is 5.62 Å². The minimum atomic E-state index is -0.0168. The Kier molecular flexibility index (Phi) is 4.33. The molecule has 5 heteroatoms. The first-order chi connectivity index (χ1) is 11.6. The summed E-state index contributed by atoms with van der Waals surface area (Å²) in [5, 5.41) is 8.26. The van der Waals surface area contributed by atoms with Crippen molar-refractivity contribution in [1.82, 2.24) is 9.13 Å². The number of nitrogens with one attached hydrogen (secondary N) is 1.